The zero-order valence-electron chi connectivity index (χ0n) is 13.7. The molecule has 0 spiro atoms. The molecule has 130 valence electrons. The molecular formula is C16H19ClN2O3S2. The van der Waals surface area contributed by atoms with E-state index in [4.69, 9.17) is 11.6 Å². The molecule has 2 aromatic rings. The average Bonchev–Trinajstić information content (AvgIpc) is 3.05. The predicted octanol–water partition coefficient (Wildman–Crippen LogP) is 3.31. The molecule has 0 aliphatic rings. The van der Waals surface area contributed by atoms with Crippen molar-refractivity contribution in [1.29, 1.82) is 0 Å². The van der Waals surface area contributed by atoms with Crippen molar-refractivity contribution in [1.82, 2.24) is 9.21 Å². The summed E-state index contributed by atoms with van der Waals surface area (Å²) in [5.74, 6) is -0.285. The van der Waals surface area contributed by atoms with Gasteiger partial charge < -0.3 is 4.90 Å². The van der Waals surface area contributed by atoms with E-state index in [-0.39, 0.29) is 21.4 Å². The maximum absolute atomic E-state index is 12.8. The van der Waals surface area contributed by atoms with Gasteiger partial charge in [0.1, 0.15) is 0 Å². The Morgan fingerprint density at radius 1 is 1.25 bits per heavy atom. The number of rotatable bonds is 6. The van der Waals surface area contributed by atoms with Crippen molar-refractivity contribution in [3.05, 3.63) is 51.2 Å². The van der Waals surface area contributed by atoms with E-state index in [9.17, 15) is 13.2 Å². The standard InChI is InChI=1S/C16H19ClN2O3S2/c1-4-19(11-12-6-5-9-23-12)16(20)14-10-13(7-8-15(14)17)24(21,22)18(2)3/h5-10H,4,11H2,1-3H3. The summed E-state index contributed by atoms with van der Waals surface area (Å²) >= 11 is 7.72. The Morgan fingerprint density at radius 3 is 2.50 bits per heavy atom. The van der Waals surface area contributed by atoms with E-state index in [0.717, 1.165) is 9.18 Å². The fourth-order valence-electron chi connectivity index (χ4n) is 2.13. The molecule has 1 heterocycles. The number of halogens is 1. The molecule has 5 nitrogen and oxygen atoms in total. The molecule has 0 saturated heterocycles. The Labute approximate surface area is 151 Å². The van der Waals surface area contributed by atoms with Crippen LogP contribution in [0.2, 0.25) is 5.02 Å². The Balaban J connectivity index is 2.37. The minimum Gasteiger partial charge on any atom is -0.334 e. The topological polar surface area (TPSA) is 57.7 Å². The van der Waals surface area contributed by atoms with Crippen molar-refractivity contribution < 1.29 is 13.2 Å². The van der Waals surface area contributed by atoms with E-state index in [0.29, 0.717) is 13.1 Å². The highest BCUT2D eigenvalue weighted by atomic mass is 35.5. The van der Waals surface area contributed by atoms with Crippen LogP contribution in [0.5, 0.6) is 0 Å². The molecule has 1 amide bonds. The molecule has 1 aromatic carbocycles. The van der Waals surface area contributed by atoms with Gasteiger partial charge in [0.25, 0.3) is 5.91 Å². The summed E-state index contributed by atoms with van der Waals surface area (Å²) in [6.45, 7) is 2.84. The maximum Gasteiger partial charge on any atom is 0.255 e. The number of amides is 1. The summed E-state index contributed by atoms with van der Waals surface area (Å²) in [5, 5.41) is 2.19. The number of carbonyl (C=O) groups is 1. The number of nitrogens with zero attached hydrogens (tertiary/aromatic N) is 2. The van der Waals surface area contributed by atoms with E-state index in [1.54, 1.807) is 16.2 Å². The number of carbonyl (C=O) groups excluding carboxylic acids is 1. The van der Waals surface area contributed by atoms with Crippen molar-refractivity contribution in [2.45, 2.75) is 18.4 Å². The van der Waals surface area contributed by atoms with Gasteiger partial charge in [-0.05, 0) is 36.6 Å². The summed E-state index contributed by atoms with van der Waals surface area (Å²) in [6.07, 6.45) is 0. The molecular weight excluding hydrogens is 368 g/mol. The quantitative estimate of drug-likeness (QED) is 0.765. The van der Waals surface area contributed by atoms with Crippen LogP contribution in [-0.4, -0.2) is 44.2 Å². The van der Waals surface area contributed by atoms with E-state index in [1.165, 1.54) is 32.3 Å². The first-order chi connectivity index (χ1) is 11.3. The first-order valence-corrected chi connectivity index (χ1v) is 10.0. The summed E-state index contributed by atoms with van der Waals surface area (Å²) < 4.78 is 25.7. The van der Waals surface area contributed by atoms with Crippen LogP contribution in [0.3, 0.4) is 0 Å². The molecule has 1 aromatic heterocycles. The lowest BCUT2D eigenvalue weighted by molar-refractivity contribution is 0.0754. The van der Waals surface area contributed by atoms with Crippen molar-refractivity contribution >= 4 is 38.9 Å². The van der Waals surface area contributed by atoms with E-state index in [2.05, 4.69) is 0 Å². The molecule has 0 fully saturated rings. The largest absolute Gasteiger partial charge is 0.334 e. The summed E-state index contributed by atoms with van der Waals surface area (Å²) in [6, 6.07) is 8.08. The molecule has 0 aliphatic heterocycles. The van der Waals surface area contributed by atoms with E-state index < -0.39 is 10.0 Å². The van der Waals surface area contributed by atoms with Gasteiger partial charge in [0.2, 0.25) is 10.0 Å². The van der Waals surface area contributed by atoms with Crippen LogP contribution in [0.25, 0.3) is 0 Å². The average molecular weight is 387 g/mol. The second-order valence-corrected chi connectivity index (χ2v) is 8.92. The molecule has 2 rings (SSSR count). The molecule has 8 heteroatoms. The first kappa shape index (κ1) is 18.9. The highest BCUT2D eigenvalue weighted by Gasteiger charge is 2.23. The number of hydrogen-bond acceptors (Lipinski definition) is 4. The van der Waals surface area contributed by atoms with Crippen LogP contribution in [0.4, 0.5) is 0 Å². The van der Waals surface area contributed by atoms with Crippen molar-refractivity contribution in [3.63, 3.8) is 0 Å². The van der Waals surface area contributed by atoms with Crippen molar-refractivity contribution in [3.8, 4) is 0 Å². The fraction of sp³-hybridized carbons (Fsp3) is 0.312. The van der Waals surface area contributed by atoms with Crippen LogP contribution in [0.1, 0.15) is 22.2 Å². The number of sulfonamides is 1. The summed E-state index contributed by atoms with van der Waals surface area (Å²) in [7, 11) is -0.736. The first-order valence-electron chi connectivity index (χ1n) is 7.31. The zero-order valence-corrected chi connectivity index (χ0v) is 16.1. The SMILES string of the molecule is CCN(Cc1cccs1)C(=O)c1cc(S(=O)(=O)N(C)C)ccc1Cl. The second-order valence-electron chi connectivity index (χ2n) is 5.33. The van der Waals surface area contributed by atoms with Crippen molar-refractivity contribution in [2.75, 3.05) is 20.6 Å². The van der Waals surface area contributed by atoms with Gasteiger partial charge in [-0.3, -0.25) is 4.79 Å². The van der Waals surface area contributed by atoms with E-state index in [1.807, 2.05) is 24.4 Å². The number of hydrogen-bond donors (Lipinski definition) is 0. The molecule has 0 saturated carbocycles. The zero-order chi connectivity index (χ0) is 17.9. The van der Waals surface area contributed by atoms with E-state index >= 15 is 0 Å². The van der Waals surface area contributed by atoms with Gasteiger partial charge in [0, 0.05) is 25.5 Å². The Bertz CT molecular complexity index is 818. The van der Waals surface area contributed by atoms with Gasteiger partial charge in [-0.25, -0.2) is 12.7 Å². The fourth-order valence-corrected chi connectivity index (χ4v) is 3.97. The molecule has 0 atom stereocenters. The smallest absolute Gasteiger partial charge is 0.255 e. The summed E-state index contributed by atoms with van der Waals surface area (Å²) in [4.78, 5) is 15.6. The second kappa shape index (κ2) is 7.65. The lowest BCUT2D eigenvalue weighted by Gasteiger charge is -2.21. The van der Waals surface area contributed by atoms with Crippen LogP contribution < -0.4 is 0 Å². The minimum atomic E-state index is -3.63. The lowest BCUT2D eigenvalue weighted by atomic mass is 10.2. The highest BCUT2D eigenvalue weighted by molar-refractivity contribution is 7.89. The van der Waals surface area contributed by atoms with Gasteiger partial charge in [-0.2, -0.15) is 0 Å². The normalized spacial score (nSPS) is 11.7. The molecule has 0 unspecified atom stereocenters. The van der Waals surface area contributed by atoms with Crippen molar-refractivity contribution in [2.24, 2.45) is 0 Å². The molecule has 0 radical (unpaired) electrons. The predicted molar refractivity (Wildman–Crippen MR) is 97.1 cm³/mol. The third kappa shape index (κ3) is 3.97. The maximum atomic E-state index is 12.8. The van der Waals surface area contributed by atoms with Gasteiger partial charge in [0.15, 0.2) is 0 Å². The van der Waals surface area contributed by atoms with Crippen LogP contribution in [0, 0.1) is 0 Å². The van der Waals surface area contributed by atoms with Crippen LogP contribution in [-0.2, 0) is 16.6 Å². The molecule has 0 N–H and O–H groups in total. The molecule has 24 heavy (non-hydrogen) atoms. The van der Waals surface area contributed by atoms with Crippen LogP contribution in [0.15, 0.2) is 40.6 Å². The Kier molecular flexibility index (Phi) is 6.03. The third-order valence-corrected chi connectivity index (χ3v) is 6.54. The minimum absolute atomic E-state index is 0.0485. The Morgan fingerprint density at radius 2 is 1.96 bits per heavy atom. The molecule has 0 bridgehead atoms. The van der Waals surface area contributed by atoms with Gasteiger partial charge >= 0.3 is 0 Å². The lowest BCUT2D eigenvalue weighted by Crippen LogP contribution is -2.30. The van der Waals surface area contributed by atoms with Gasteiger partial charge in [0.05, 0.1) is 22.0 Å². The monoisotopic (exact) mass is 386 g/mol. The summed E-state index contributed by atoms with van der Waals surface area (Å²) in [5.41, 5.74) is 0.193. The number of benzene rings is 1. The van der Waals surface area contributed by atoms with Crippen LogP contribution >= 0.6 is 22.9 Å². The highest BCUT2D eigenvalue weighted by Crippen LogP contribution is 2.24. The van der Waals surface area contributed by atoms with Gasteiger partial charge in [-0.15, -0.1) is 11.3 Å². The number of thiophene rings is 1. The van der Waals surface area contributed by atoms with Gasteiger partial charge in [-0.1, -0.05) is 17.7 Å². The third-order valence-electron chi connectivity index (χ3n) is 3.54. The Hall–Kier alpha value is -1.41. The molecule has 0 aliphatic carbocycles.